The number of ether oxygens (including phenoxy) is 1. The number of hydrogen-bond acceptors (Lipinski definition) is 7. The van der Waals surface area contributed by atoms with Gasteiger partial charge in [0.1, 0.15) is 5.69 Å². The monoisotopic (exact) mass is 390 g/mol. The van der Waals surface area contributed by atoms with Gasteiger partial charge in [-0.1, -0.05) is 12.8 Å². The molecule has 2 saturated heterocycles. The number of carbonyl (C=O) groups is 3. The fourth-order valence-corrected chi connectivity index (χ4v) is 3.37. The van der Waals surface area contributed by atoms with Crippen molar-refractivity contribution in [1.82, 2.24) is 10.2 Å². The van der Waals surface area contributed by atoms with E-state index in [0.29, 0.717) is 12.2 Å². The molecular weight excluding hydrogens is 368 g/mol. The SMILES string of the molecule is O=C(OCC(=O)N1CCNC1=O)c1ccc(N2CCCCCC2)c([N+](=O)[O-])c1. The largest absolute Gasteiger partial charge is 0.452 e. The highest BCUT2D eigenvalue weighted by Crippen LogP contribution is 2.31. The second kappa shape index (κ2) is 8.68. The van der Waals surface area contributed by atoms with E-state index in [0.717, 1.165) is 43.7 Å². The van der Waals surface area contributed by atoms with Crippen molar-refractivity contribution in [1.29, 1.82) is 0 Å². The van der Waals surface area contributed by atoms with E-state index in [2.05, 4.69) is 5.32 Å². The highest BCUT2D eigenvalue weighted by Gasteiger charge is 2.28. The van der Waals surface area contributed by atoms with Crippen LogP contribution in [-0.2, 0) is 9.53 Å². The Bertz CT molecular complexity index is 788. The van der Waals surface area contributed by atoms with Gasteiger partial charge in [0.2, 0.25) is 0 Å². The summed E-state index contributed by atoms with van der Waals surface area (Å²) in [6.07, 6.45) is 4.12. The van der Waals surface area contributed by atoms with Gasteiger partial charge in [0, 0.05) is 32.2 Å². The summed E-state index contributed by atoms with van der Waals surface area (Å²) in [5.74, 6) is -1.49. The number of nitro groups is 1. The molecule has 10 nitrogen and oxygen atoms in total. The zero-order valence-corrected chi connectivity index (χ0v) is 15.4. The van der Waals surface area contributed by atoms with E-state index in [1.165, 1.54) is 12.1 Å². The van der Waals surface area contributed by atoms with Crippen molar-refractivity contribution in [3.05, 3.63) is 33.9 Å². The number of imide groups is 1. The van der Waals surface area contributed by atoms with Gasteiger partial charge in [-0.25, -0.2) is 9.59 Å². The Kier molecular flexibility index (Phi) is 6.07. The van der Waals surface area contributed by atoms with Crippen LogP contribution < -0.4 is 10.2 Å². The number of esters is 1. The lowest BCUT2D eigenvalue weighted by atomic mass is 10.1. The summed E-state index contributed by atoms with van der Waals surface area (Å²) in [7, 11) is 0. The van der Waals surface area contributed by atoms with Crippen LogP contribution in [0.5, 0.6) is 0 Å². The number of nitrogens with one attached hydrogen (secondary N) is 1. The van der Waals surface area contributed by atoms with Crippen LogP contribution in [-0.4, -0.2) is 60.5 Å². The normalized spacial score (nSPS) is 17.1. The van der Waals surface area contributed by atoms with Gasteiger partial charge >= 0.3 is 12.0 Å². The van der Waals surface area contributed by atoms with Crippen molar-refractivity contribution in [2.24, 2.45) is 0 Å². The first-order chi connectivity index (χ1) is 13.5. The molecule has 0 spiro atoms. The fourth-order valence-electron chi connectivity index (χ4n) is 3.37. The van der Waals surface area contributed by atoms with Crippen LogP contribution in [0.4, 0.5) is 16.2 Å². The molecular formula is C18H22N4O6. The van der Waals surface area contributed by atoms with Gasteiger partial charge in [-0.15, -0.1) is 0 Å². The van der Waals surface area contributed by atoms with Gasteiger partial charge in [0.05, 0.1) is 10.5 Å². The van der Waals surface area contributed by atoms with E-state index >= 15 is 0 Å². The van der Waals surface area contributed by atoms with Crippen LogP contribution in [0.1, 0.15) is 36.0 Å². The fraction of sp³-hybridized carbons (Fsp3) is 0.500. The zero-order chi connectivity index (χ0) is 20.1. The van der Waals surface area contributed by atoms with Gasteiger partial charge in [0.15, 0.2) is 6.61 Å². The molecule has 0 bridgehead atoms. The average molecular weight is 390 g/mol. The predicted octanol–water partition coefficient (Wildman–Crippen LogP) is 1.68. The van der Waals surface area contributed by atoms with Crippen LogP contribution in [0.3, 0.4) is 0 Å². The zero-order valence-electron chi connectivity index (χ0n) is 15.4. The minimum absolute atomic E-state index is 0.0102. The van der Waals surface area contributed by atoms with E-state index < -0.39 is 29.4 Å². The number of amides is 3. The lowest BCUT2D eigenvalue weighted by molar-refractivity contribution is -0.384. The number of rotatable bonds is 5. The molecule has 10 heteroatoms. The number of nitro benzene ring substituents is 1. The number of hydrogen-bond donors (Lipinski definition) is 1. The van der Waals surface area contributed by atoms with Crippen LogP contribution in [0, 0.1) is 10.1 Å². The molecule has 0 aliphatic carbocycles. The second-order valence-corrected chi connectivity index (χ2v) is 6.72. The molecule has 0 saturated carbocycles. The Balaban J connectivity index is 1.70. The molecule has 3 amide bonds. The maximum absolute atomic E-state index is 12.2. The van der Waals surface area contributed by atoms with Gasteiger partial charge in [-0.2, -0.15) is 0 Å². The Morgan fingerprint density at radius 2 is 1.86 bits per heavy atom. The van der Waals surface area contributed by atoms with Crippen molar-refractivity contribution in [3.8, 4) is 0 Å². The molecule has 1 aromatic carbocycles. The van der Waals surface area contributed by atoms with Crippen molar-refractivity contribution in [2.45, 2.75) is 25.7 Å². The third-order valence-electron chi connectivity index (χ3n) is 4.84. The minimum Gasteiger partial charge on any atom is -0.452 e. The highest BCUT2D eigenvalue weighted by molar-refractivity contribution is 5.98. The van der Waals surface area contributed by atoms with E-state index in [4.69, 9.17) is 4.74 Å². The average Bonchev–Trinajstić information content (AvgIpc) is 2.94. The second-order valence-electron chi connectivity index (χ2n) is 6.72. The van der Waals surface area contributed by atoms with Crippen molar-refractivity contribution >= 4 is 29.3 Å². The van der Waals surface area contributed by atoms with Gasteiger partial charge in [-0.3, -0.25) is 19.8 Å². The van der Waals surface area contributed by atoms with E-state index in [-0.39, 0.29) is 17.8 Å². The number of urea groups is 1. The van der Waals surface area contributed by atoms with Crippen molar-refractivity contribution in [2.75, 3.05) is 37.7 Å². The summed E-state index contributed by atoms with van der Waals surface area (Å²) in [5.41, 5.74) is 0.304. The predicted molar refractivity (Wildman–Crippen MR) is 99.2 cm³/mol. The number of benzene rings is 1. The smallest absolute Gasteiger partial charge is 0.338 e. The summed E-state index contributed by atoms with van der Waals surface area (Å²) in [6, 6.07) is 3.66. The lowest BCUT2D eigenvalue weighted by Crippen LogP contribution is -2.37. The molecule has 0 radical (unpaired) electrons. The molecule has 0 atom stereocenters. The third-order valence-corrected chi connectivity index (χ3v) is 4.84. The molecule has 28 heavy (non-hydrogen) atoms. The topological polar surface area (TPSA) is 122 Å². The molecule has 0 unspecified atom stereocenters. The van der Waals surface area contributed by atoms with E-state index in [1.54, 1.807) is 6.07 Å². The molecule has 2 aliphatic heterocycles. The Morgan fingerprint density at radius 3 is 2.46 bits per heavy atom. The minimum atomic E-state index is -0.849. The van der Waals surface area contributed by atoms with Crippen molar-refractivity contribution < 1.29 is 24.0 Å². The summed E-state index contributed by atoms with van der Waals surface area (Å²) >= 11 is 0. The summed E-state index contributed by atoms with van der Waals surface area (Å²) in [5, 5.41) is 14.0. The number of nitrogens with zero attached hydrogens (tertiary/aromatic N) is 3. The summed E-state index contributed by atoms with van der Waals surface area (Å²) < 4.78 is 4.94. The Labute approximate surface area is 161 Å². The molecule has 3 rings (SSSR count). The summed E-state index contributed by atoms with van der Waals surface area (Å²) in [4.78, 5) is 49.5. The molecule has 2 aliphatic rings. The van der Waals surface area contributed by atoms with Gasteiger partial charge in [0.25, 0.3) is 11.6 Å². The van der Waals surface area contributed by atoms with Crippen LogP contribution in [0.2, 0.25) is 0 Å². The van der Waals surface area contributed by atoms with E-state index in [1.807, 2.05) is 4.90 Å². The highest BCUT2D eigenvalue weighted by atomic mass is 16.6. The first-order valence-corrected chi connectivity index (χ1v) is 9.26. The van der Waals surface area contributed by atoms with Gasteiger partial charge < -0.3 is 15.0 Å². The lowest BCUT2D eigenvalue weighted by Gasteiger charge is -2.22. The molecule has 1 N–H and O–H groups in total. The molecule has 1 aromatic rings. The maximum Gasteiger partial charge on any atom is 0.338 e. The van der Waals surface area contributed by atoms with Crippen LogP contribution in [0.15, 0.2) is 18.2 Å². The van der Waals surface area contributed by atoms with Crippen molar-refractivity contribution in [3.63, 3.8) is 0 Å². The standard InChI is InChI=1S/C18H22N4O6/c23-16(21-10-7-19-18(21)25)12-28-17(24)13-5-6-14(15(11-13)22(26)27)20-8-3-1-2-4-9-20/h5-6,11H,1-4,7-10,12H2,(H,19,25). The van der Waals surface area contributed by atoms with Crippen LogP contribution >= 0.6 is 0 Å². The number of carbonyl (C=O) groups excluding carboxylic acids is 3. The molecule has 2 fully saturated rings. The van der Waals surface area contributed by atoms with Gasteiger partial charge in [-0.05, 0) is 25.0 Å². The summed E-state index contributed by atoms with van der Waals surface area (Å²) in [6.45, 7) is 1.43. The Hall–Kier alpha value is -3.17. The first-order valence-electron chi connectivity index (χ1n) is 9.26. The maximum atomic E-state index is 12.2. The third kappa shape index (κ3) is 4.38. The molecule has 0 aromatic heterocycles. The molecule has 2 heterocycles. The molecule has 150 valence electrons. The number of anilines is 1. The van der Waals surface area contributed by atoms with Crippen LogP contribution in [0.25, 0.3) is 0 Å². The quantitative estimate of drug-likeness (QED) is 0.461. The van der Waals surface area contributed by atoms with E-state index in [9.17, 15) is 24.5 Å². The first kappa shape index (κ1) is 19.6. The Morgan fingerprint density at radius 1 is 1.14 bits per heavy atom.